The topological polar surface area (TPSA) is 50.4 Å². The number of benzene rings is 1. The summed E-state index contributed by atoms with van der Waals surface area (Å²) in [6, 6.07) is 8.57. The Kier molecular flexibility index (Phi) is 1.83. The van der Waals surface area contributed by atoms with E-state index in [4.69, 9.17) is 0 Å². The van der Waals surface area contributed by atoms with Crippen molar-refractivity contribution in [1.82, 2.24) is 9.55 Å². The summed E-state index contributed by atoms with van der Waals surface area (Å²) in [7, 11) is 0. The third kappa shape index (κ3) is 1.20. The highest BCUT2D eigenvalue weighted by Gasteiger charge is 2.60. The van der Waals surface area contributed by atoms with Crippen LogP contribution in [0.4, 0.5) is 0 Å². The average molecular weight is 265 g/mol. The molecule has 0 bridgehead atoms. The first-order valence-corrected chi connectivity index (χ1v) is 7.14. The Hall–Kier alpha value is -1.94. The fourth-order valence-electron chi connectivity index (χ4n) is 3.76. The van der Waals surface area contributed by atoms with E-state index in [-0.39, 0.29) is 17.5 Å². The van der Waals surface area contributed by atoms with E-state index in [1.165, 1.54) is 11.1 Å². The van der Waals surface area contributed by atoms with Gasteiger partial charge >= 0.3 is 0 Å². The Morgan fingerprint density at radius 2 is 2.10 bits per heavy atom. The summed E-state index contributed by atoms with van der Waals surface area (Å²) >= 11 is 0. The van der Waals surface area contributed by atoms with Crippen molar-refractivity contribution in [3.05, 3.63) is 42.4 Å². The van der Waals surface area contributed by atoms with E-state index in [1.54, 1.807) is 0 Å². The number of nitrogens with zero attached hydrogens (tertiary/aromatic N) is 3. The highest BCUT2D eigenvalue weighted by Crippen LogP contribution is 2.59. The number of rotatable bonds is 3. The lowest BCUT2D eigenvalue weighted by Gasteiger charge is -2.28. The van der Waals surface area contributed by atoms with Crippen LogP contribution in [-0.4, -0.2) is 33.0 Å². The minimum Gasteiger partial charge on any atom is -0.390 e. The van der Waals surface area contributed by atoms with Gasteiger partial charge in [0.2, 0.25) is 0 Å². The van der Waals surface area contributed by atoms with Gasteiger partial charge in [0.25, 0.3) is 0 Å². The van der Waals surface area contributed by atoms with Crippen molar-refractivity contribution >= 4 is 6.21 Å². The average Bonchev–Trinajstić information content (AvgIpc) is 3.35. The van der Waals surface area contributed by atoms with Crippen molar-refractivity contribution in [2.24, 2.45) is 10.4 Å². The van der Waals surface area contributed by atoms with Crippen LogP contribution in [0.3, 0.4) is 0 Å². The zero-order chi connectivity index (χ0) is 13.3. The van der Waals surface area contributed by atoms with Crippen molar-refractivity contribution in [2.75, 3.05) is 0 Å². The molecule has 3 heterocycles. The molecule has 3 aliphatic rings. The molecule has 2 aromatic rings. The first-order valence-electron chi connectivity index (χ1n) is 7.14. The summed E-state index contributed by atoms with van der Waals surface area (Å²) in [5.74, 6) is 0. The summed E-state index contributed by atoms with van der Waals surface area (Å²) in [5.41, 5.74) is 3.49. The van der Waals surface area contributed by atoms with Gasteiger partial charge in [-0.1, -0.05) is 24.3 Å². The molecule has 1 aromatic heterocycles. The van der Waals surface area contributed by atoms with E-state index in [0.717, 1.165) is 18.5 Å². The second-order valence-electron chi connectivity index (χ2n) is 6.14. The Bertz CT molecular complexity index is 723. The lowest BCUT2D eigenvalue weighted by molar-refractivity contribution is 0.0598. The predicted molar refractivity (Wildman–Crippen MR) is 75.8 cm³/mol. The fourth-order valence-corrected chi connectivity index (χ4v) is 3.76. The molecule has 1 fully saturated rings. The van der Waals surface area contributed by atoms with Gasteiger partial charge in [0.1, 0.15) is 0 Å². The molecule has 4 nitrogen and oxygen atoms in total. The van der Waals surface area contributed by atoms with Gasteiger partial charge in [0, 0.05) is 17.2 Å². The first kappa shape index (κ1) is 10.8. The molecular formula is C16H15N3O. The second kappa shape index (κ2) is 3.38. The molecule has 5 rings (SSSR count). The highest BCUT2D eigenvalue weighted by molar-refractivity contribution is 5.80. The number of fused-ring (bicyclic) bond motifs is 3. The van der Waals surface area contributed by atoms with Crippen molar-refractivity contribution in [1.29, 1.82) is 0 Å². The molecule has 20 heavy (non-hydrogen) atoms. The third-order valence-electron chi connectivity index (χ3n) is 5.12. The van der Waals surface area contributed by atoms with Crippen LogP contribution >= 0.6 is 0 Å². The number of imidazole rings is 1. The quantitative estimate of drug-likeness (QED) is 0.923. The third-order valence-corrected chi connectivity index (χ3v) is 5.12. The summed E-state index contributed by atoms with van der Waals surface area (Å²) in [6.07, 6.45) is 7.45. The molecule has 3 atom stereocenters. The smallest absolute Gasteiger partial charge is 0.0957 e. The van der Waals surface area contributed by atoms with Crippen LogP contribution in [0.5, 0.6) is 0 Å². The molecule has 1 aromatic carbocycles. The van der Waals surface area contributed by atoms with Gasteiger partial charge in [-0.15, -0.1) is 0 Å². The van der Waals surface area contributed by atoms with Crippen molar-refractivity contribution in [3.8, 4) is 11.3 Å². The minimum atomic E-state index is -0.397. The SMILES string of the molecule is OC(C1c2ccccc2-c2cncn21)C1(C2C=N2)CC1. The Balaban J connectivity index is 1.64. The summed E-state index contributed by atoms with van der Waals surface area (Å²) in [5, 5.41) is 11.0. The molecule has 0 saturated heterocycles. The minimum absolute atomic E-state index is 0.0181. The van der Waals surface area contributed by atoms with Crippen molar-refractivity contribution in [3.63, 3.8) is 0 Å². The number of aromatic nitrogens is 2. The van der Waals surface area contributed by atoms with Crippen LogP contribution in [0, 0.1) is 5.41 Å². The molecule has 0 amide bonds. The standard InChI is InChI=1S/C16H15N3O/c20-15(16(5-6-16)13-8-18-13)14-11-4-2-1-3-10(11)12-7-17-9-19(12)14/h1-4,7-9,13-15,20H,5-6H2. The largest absolute Gasteiger partial charge is 0.390 e. The highest BCUT2D eigenvalue weighted by atomic mass is 16.3. The lowest BCUT2D eigenvalue weighted by Crippen LogP contribution is -2.35. The molecule has 2 aliphatic heterocycles. The molecule has 1 saturated carbocycles. The van der Waals surface area contributed by atoms with Crippen LogP contribution in [0.2, 0.25) is 0 Å². The zero-order valence-corrected chi connectivity index (χ0v) is 11.0. The van der Waals surface area contributed by atoms with E-state index in [1.807, 2.05) is 30.9 Å². The predicted octanol–water partition coefficient (Wildman–Crippen LogP) is 2.05. The summed E-state index contributed by atoms with van der Waals surface area (Å²) in [4.78, 5) is 8.58. The molecule has 4 heteroatoms. The normalized spacial score (nSPS) is 28.9. The van der Waals surface area contributed by atoms with Crippen LogP contribution in [-0.2, 0) is 0 Å². The second-order valence-corrected chi connectivity index (χ2v) is 6.14. The van der Waals surface area contributed by atoms with Gasteiger partial charge in [-0.3, -0.25) is 4.99 Å². The zero-order valence-electron chi connectivity index (χ0n) is 11.0. The van der Waals surface area contributed by atoms with E-state index < -0.39 is 6.10 Å². The van der Waals surface area contributed by atoms with Gasteiger partial charge in [-0.25, -0.2) is 4.98 Å². The molecule has 1 N–H and O–H groups in total. The lowest BCUT2D eigenvalue weighted by atomic mass is 9.86. The first-order chi connectivity index (χ1) is 9.81. The van der Waals surface area contributed by atoms with Gasteiger partial charge in [-0.05, 0) is 18.4 Å². The molecule has 3 unspecified atom stereocenters. The monoisotopic (exact) mass is 265 g/mol. The molecule has 0 spiro atoms. The maximum Gasteiger partial charge on any atom is 0.0957 e. The number of aliphatic hydroxyl groups excluding tert-OH is 1. The van der Waals surface area contributed by atoms with Crippen LogP contribution in [0.15, 0.2) is 41.8 Å². The van der Waals surface area contributed by atoms with Crippen LogP contribution in [0.25, 0.3) is 11.3 Å². The summed E-state index contributed by atoms with van der Waals surface area (Å²) < 4.78 is 2.12. The number of aliphatic hydroxyl groups is 1. The molecule has 0 radical (unpaired) electrons. The van der Waals surface area contributed by atoms with Crippen molar-refractivity contribution < 1.29 is 5.11 Å². The Labute approximate surface area is 116 Å². The molecular weight excluding hydrogens is 250 g/mol. The number of hydrogen-bond donors (Lipinski definition) is 1. The van der Waals surface area contributed by atoms with Gasteiger partial charge in [0.15, 0.2) is 0 Å². The van der Waals surface area contributed by atoms with E-state index in [0.29, 0.717) is 0 Å². The van der Waals surface area contributed by atoms with Gasteiger partial charge in [0.05, 0.1) is 36.4 Å². The molecule has 100 valence electrons. The van der Waals surface area contributed by atoms with Gasteiger partial charge in [-0.2, -0.15) is 0 Å². The van der Waals surface area contributed by atoms with E-state index >= 15 is 0 Å². The number of aliphatic imine (C=N–C) groups is 1. The van der Waals surface area contributed by atoms with E-state index in [9.17, 15) is 5.11 Å². The number of hydrogen-bond acceptors (Lipinski definition) is 3. The van der Waals surface area contributed by atoms with Gasteiger partial charge < -0.3 is 9.67 Å². The van der Waals surface area contributed by atoms with Crippen molar-refractivity contribution in [2.45, 2.75) is 31.0 Å². The fraction of sp³-hybridized carbons (Fsp3) is 0.375. The molecule has 1 aliphatic carbocycles. The van der Waals surface area contributed by atoms with Crippen LogP contribution in [0.1, 0.15) is 24.4 Å². The van der Waals surface area contributed by atoms with Crippen LogP contribution < -0.4 is 0 Å². The Morgan fingerprint density at radius 1 is 1.30 bits per heavy atom. The van der Waals surface area contributed by atoms with E-state index in [2.05, 4.69) is 26.7 Å². The summed E-state index contributed by atoms with van der Waals surface area (Å²) in [6.45, 7) is 0. The maximum absolute atomic E-state index is 11.0. The maximum atomic E-state index is 11.0. The Morgan fingerprint density at radius 3 is 2.85 bits per heavy atom.